The third kappa shape index (κ3) is 2.92. The average Bonchev–Trinajstić information content (AvgIpc) is 2.06. The molecule has 12 heavy (non-hydrogen) atoms. The number of halogens is 1. The van der Waals surface area contributed by atoms with Gasteiger partial charge < -0.3 is 5.11 Å². The number of carbonyl (C=O) groups is 1. The summed E-state index contributed by atoms with van der Waals surface area (Å²) in [6.45, 7) is 0. The van der Waals surface area contributed by atoms with E-state index >= 15 is 0 Å². The molecule has 0 heterocycles. The first-order valence-electron chi connectivity index (χ1n) is 4.52. The Morgan fingerprint density at radius 3 is 2.33 bits per heavy atom. The van der Waals surface area contributed by atoms with E-state index in [1.165, 1.54) is 10.8 Å². The van der Waals surface area contributed by atoms with Crippen LogP contribution in [-0.4, -0.2) is 15.5 Å². The third-order valence-corrected chi connectivity index (χ3v) is 3.34. The number of carboxylic acids is 1. The van der Waals surface area contributed by atoms with Gasteiger partial charge in [0.05, 0.1) is 5.92 Å². The van der Waals surface area contributed by atoms with Crippen molar-refractivity contribution in [3.05, 3.63) is 0 Å². The van der Waals surface area contributed by atoms with Crippen LogP contribution in [-0.2, 0) is 4.79 Å². The number of alkyl halides is 1. The van der Waals surface area contributed by atoms with Crippen molar-refractivity contribution in [2.45, 2.75) is 32.1 Å². The molecule has 1 fully saturated rings. The van der Waals surface area contributed by atoms with E-state index in [1.807, 2.05) is 0 Å². The van der Waals surface area contributed by atoms with Gasteiger partial charge in [-0.15, -0.1) is 0 Å². The SMILES string of the molecule is O=C(O)C1CCC(CCI)CC1. The van der Waals surface area contributed by atoms with Crippen LogP contribution in [0, 0.1) is 11.8 Å². The van der Waals surface area contributed by atoms with Gasteiger partial charge in [0, 0.05) is 0 Å². The normalized spacial score (nSPS) is 30.1. The fourth-order valence-electron chi connectivity index (χ4n) is 1.85. The van der Waals surface area contributed by atoms with Crippen molar-refractivity contribution in [2.75, 3.05) is 4.43 Å². The predicted molar refractivity (Wildman–Crippen MR) is 56.6 cm³/mol. The maximum Gasteiger partial charge on any atom is 0.306 e. The van der Waals surface area contributed by atoms with Crippen LogP contribution in [0.25, 0.3) is 0 Å². The summed E-state index contributed by atoms with van der Waals surface area (Å²) in [6.07, 6.45) is 5.32. The Bertz CT molecular complexity index is 151. The molecule has 0 aromatic rings. The summed E-state index contributed by atoms with van der Waals surface area (Å²) in [5, 5.41) is 8.75. The van der Waals surface area contributed by atoms with Gasteiger partial charge in [-0.2, -0.15) is 0 Å². The molecule has 0 unspecified atom stereocenters. The first kappa shape index (κ1) is 10.3. The molecule has 0 bridgehead atoms. The highest BCUT2D eigenvalue weighted by molar-refractivity contribution is 14.1. The molecule has 0 amide bonds. The molecule has 0 aromatic carbocycles. The van der Waals surface area contributed by atoms with E-state index in [-0.39, 0.29) is 5.92 Å². The Labute approximate surface area is 86.9 Å². The Hall–Kier alpha value is 0.200. The Morgan fingerprint density at radius 2 is 1.92 bits per heavy atom. The molecule has 70 valence electrons. The average molecular weight is 282 g/mol. The topological polar surface area (TPSA) is 37.3 Å². The second kappa shape index (κ2) is 5.04. The number of hydrogen-bond donors (Lipinski definition) is 1. The van der Waals surface area contributed by atoms with E-state index in [4.69, 9.17) is 5.11 Å². The monoisotopic (exact) mass is 282 g/mol. The second-order valence-electron chi connectivity index (χ2n) is 3.53. The summed E-state index contributed by atoms with van der Waals surface area (Å²) < 4.78 is 1.21. The van der Waals surface area contributed by atoms with Crippen LogP contribution >= 0.6 is 22.6 Å². The van der Waals surface area contributed by atoms with Gasteiger partial charge >= 0.3 is 5.97 Å². The number of aliphatic carboxylic acids is 1. The summed E-state index contributed by atoms with van der Waals surface area (Å²) in [4.78, 5) is 10.6. The van der Waals surface area contributed by atoms with Gasteiger partial charge in [0.15, 0.2) is 0 Å². The first-order chi connectivity index (χ1) is 5.74. The largest absolute Gasteiger partial charge is 0.481 e. The van der Waals surface area contributed by atoms with Crippen LogP contribution in [0.4, 0.5) is 0 Å². The highest BCUT2D eigenvalue weighted by atomic mass is 127. The highest BCUT2D eigenvalue weighted by Gasteiger charge is 2.25. The zero-order valence-electron chi connectivity index (χ0n) is 7.13. The lowest BCUT2D eigenvalue weighted by atomic mass is 9.81. The van der Waals surface area contributed by atoms with Crippen molar-refractivity contribution < 1.29 is 9.90 Å². The van der Waals surface area contributed by atoms with Gasteiger partial charge in [-0.1, -0.05) is 22.6 Å². The summed E-state index contributed by atoms with van der Waals surface area (Å²) >= 11 is 2.39. The molecule has 1 N–H and O–H groups in total. The van der Waals surface area contributed by atoms with Crippen LogP contribution in [0.1, 0.15) is 32.1 Å². The lowest BCUT2D eigenvalue weighted by molar-refractivity contribution is -0.143. The molecule has 0 aliphatic heterocycles. The minimum atomic E-state index is -0.595. The number of carboxylic acid groups (broad SMARTS) is 1. The molecular weight excluding hydrogens is 267 g/mol. The minimum Gasteiger partial charge on any atom is -0.481 e. The lowest BCUT2D eigenvalue weighted by Crippen LogP contribution is -2.21. The van der Waals surface area contributed by atoms with Crippen molar-refractivity contribution >= 4 is 28.6 Å². The van der Waals surface area contributed by atoms with Crippen molar-refractivity contribution in [2.24, 2.45) is 11.8 Å². The van der Waals surface area contributed by atoms with Gasteiger partial charge in [-0.05, 0) is 42.4 Å². The fourth-order valence-corrected chi connectivity index (χ4v) is 2.73. The van der Waals surface area contributed by atoms with Crippen LogP contribution < -0.4 is 0 Å². The van der Waals surface area contributed by atoms with Crippen molar-refractivity contribution in [1.29, 1.82) is 0 Å². The second-order valence-corrected chi connectivity index (χ2v) is 4.61. The molecule has 0 atom stereocenters. The molecule has 1 aliphatic rings. The summed E-state index contributed by atoms with van der Waals surface area (Å²) in [5.41, 5.74) is 0. The minimum absolute atomic E-state index is 0.0459. The lowest BCUT2D eigenvalue weighted by Gasteiger charge is -2.25. The maximum absolute atomic E-state index is 10.6. The van der Waals surface area contributed by atoms with Gasteiger partial charge in [0.2, 0.25) is 0 Å². The smallest absolute Gasteiger partial charge is 0.306 e. The van der Waals surface area contributed by atoms with Crippen molar-refractivity contribution in [3.63, 3.8) is 0 Å². The number of hydrogen-bond acceptors (Lipinski definition) is 1. The molecule has 2 nitrogen and oxygen atoms in total. The highest BCUT2D eigenvalue weighted by Crippen LogP contribution is 2.31. The molecule has 0 radical (unpaired) electrons. The van der Waals surface area contributed by atoms with Crippen molar-refractivity contribution in [3.8, 4) is 0 Å². The Morgan fingerprint density at radius 1 is 1.33 bits per heavy atom. The zero-order chi connectivity index (χ0) is 8.97. The molecule has 1 rings (SSSR count). The molecule has 1 saturated carbocycles. The van der Waals surface area contributed by atoms with Gasteiger partial charge in [0.1, 0.15) is 0 Å². The number of rotatable bonds is 3. The first-order valence-corrected chi connectivity index (χ1v) is 6.05. The van der Waals surface area contributed by atoms with E-state index in [2.05, 4.69) is 22.6 Å². The fraction of sp³-hybridized carbons (Fsp3) is 0.889. The van der Waals surface area contributed by atoms with E-state index in [1.54, 1.807) is 0 Å². The zero-order valence-corrected chi connectivity index (χ0v) is 9.29. The standard InChI is InChI=1S/C9H15IO2/c10-6-5-7-1-3-8(4-2-7)9(11)12/h7-8H,1-6H2,(H,11,12). The summed E-state index contributed by atoms with van der Waals surface area (Å²) in [7, 11) is 0. The molecule has 0 aromatic heterocycles. The quantitative estimate of drug-likeness (QED) is 0.638. The van der Waals surface area contributed by atoms with Crippen LogP contribution in [0.3, 0.4) is 0 Å². The molecular formula is C9H15IO2. The van der Waals surface area contributed by atoms with Gasteiger partial charge in [-0.3, -0.25) is 4.79 Å². The molecule has 0 spiro atoms. The van der Waals surface area contributed by atoms with Crippen LogP contribution in [0.15, 0.2) is 0 Å². The molecule has 1 aliphatic carbocycles. The molecule has 3 heteroatoms. The molecule has 0 saturated heterocycles. The summed E-state index contributed by atoms with van der Waals surface area (Å²) in [6, 6.07) is 0. The summed E-state index contributed by atoms with van der Waals surface area (Å²) in [5.74, 6) is 0.163. The van der Waals surface area contributed by atoms with Crippen LogP contribution in [0.5, 0.6) is 0 Å². The van der Waals surface area contributed by atoms with Gasteiger partial charge in [0.25, 0.3) is 0 Å². The maximum atomic E-state index is 10.6. The predicted octanol–water partition coefficient (Wildman–Crippen LogP) is 2.70. The van der Waals surface area contributed by atoms with E-state index in [0.717, 1.165) is 31.6 Å². The van der Waals surface area contributed by atoms with E-state index in [9.17, 15) is 4.79 Å². The van der Waals surface area contributed by atoms with E-state index < -0.39 is 5.97 Å². The van der Waals surface area contributed by atoms with Gasteiger partial charge in [-0.25, -0.2) is 0 Å². The Kier molecular flexibility index (Phi) is 4.32. The Balaban J connectivity index is 2.25. The van der Waals surface area contributed by atoms with Crippen LogP contribution in [0.2, 0.25) is 0 Å². The van der Waals surface area contributed by atoms with E-state index in [0.29, 0.717) is 0 Å². The third-order valence-electron chi connectivity index (χ3n) is 2.71. The van der Waals surface area contributed by atoms with Crippen molar-refractivity contribution in [1.82, 2.24) is 0 Å².